The highest BCUT2D eigenvalue weighted by Crippen LogP contribution is 2.12. The van der Waals surface area contributed by atoms with Crippen LogP contribution >= 0.6 is 0 Å². The largest absolute Gasteiger partial charge is 0.462 e. The Morgan fingerprint density at radius 2 is 0.708 bits per heavy atom. The van der Waals surface area contributed by atoms with Gasteiger partial charge in [-0.1, -0.05) is 219 Å². The molecular weight excluding hydrogens is 805 g/mol. The van der Waals surface area contributed by atoms with E-state index in [9.17, 15) is 14.4 Å². The molecule has 0 rings (SSSR count). The molecule has 0 aromatic carbocycles. The normalized spacial score (nSPS) is 13.2. The van der Waals surface area contributed by atoms with Gasteiger partial charge in [0.15, 0.2) is 6.10 Å². The molecule has 0 bridgehead atoms. The Bertz CT molecular complexity index is 1450. The quantitative estimate of drug-likeness (QED) is 0.0199. The number of allylic oxidation sites excluding steroid dienone is 22. The SMILES string of the molecule is CC/C=C/C=C/C=C/CCCCCCCCCC(=O)OC(COC(=O)CC/C=C/C/C=C/C/C=C/C/C=C/C/C=C/C/C=C/CC)COC(=O)CC/C=C/C/C=C/CCCCCCCC. The van der Waals surface area contributed by atoms with Crippen LogP contribution in [0.5, 0.6) is 0 Å². The molecule has 0 aliphatic rings. The van der Waals surface area contributed by atoms with Crippen molar-refractivity contribution in [1.29, 1.82) is 0 Å². The predicted octanol–water partition coefficient (Wildman–Crippen LogP) is 17.1. The molecule has 0 aliphatic heterocycles. The lowest BCUT2D eigenvalue weighted by Gasteiger charge is -2.18. The summed E-state index contributed by atoms with van der Waals surface area (Å²) in [6.07, 6.45) is 73.2. The van der Waals surface area contributed by atoms with Gasteiger partial charge in [0.2, 0.25) is 0 Å². The van der Waals surface area contributed by atoms with E-state index in [2.05, 4.69) is 136 Å². The van der Waals surface area contributed by atoms with Crippen LogP contribution in [-0.4, -0.2) is 37.2 Å². The smallest absolute Gasteiger partial charge is 0.306 e. The van der Waals surface area contributed by atoms with Gasteiger partial charge < -0.3 is 14.2 Å². The number of hydrogen-bond donors (Lipinski definition) is 0. The molecule has 0 aliphatic carbocycles. The third-order valence-corrected chi connectivity index (χ3v) is 10.2. The first-order valence-corrected chi connectivity index (χ1v) is 25.7. The van der Waals surface area contributed by atoms with Gasteiger partial charge in [0, 0.05) is 19.3 Å². The van der Waals surface area contributed by atoms with Crippen molar-refractivity contribution in [1.82, 2.24) is 0 Å². The third-order valence-electron chi connectivity index (χ3n) is 10.2. The summed E-state index contributed by atoms with van der Waals surface area (Å²) in [5, 5.41) is 0. The Kier molecular flexibility index (Phi) is 48.6. The van der Waals surface area contributed by atoms with Gasteiger partial charge >= 0.3 is 17.9 Å². The van der Waals surface area contributed by atoms with Crippen LogP contribution in [0.15, 0.2) is 134 Å². The summed E-state index contributed by atoms with van der Waals surface area (Å²) in [4.78, 5) is 37.9. The fourth-order valence-corrected chi connectivity index (χ4v) is 6.40. The van der Waals surface area contributed by atoms with E-state index in [1.165, 1.54) is 57.8 Å². The molecule has 0 amide bonds. The van der Waals surface area contributed by atoms with Crippen molar-refractivity contribution in [3.05, 3.63) is 134 Å². The highest BCUT2D eigenvalue weighted by Gasteiger charge is 2.19. The van der Waals surface area contributed by atoms with Gasteiger partial charge in [0.25, 0.3) is 0 Å². The molecular formula is C59H92O6. The van der Waals surface area contributed by atoms with E-state index in [1.54, 1.807) is 0 Å². The van der Waals surface area contributed by atoms with Crippen molar-refractivity contribution in [2.75, 3.05) is 13.2 Å². The Labute approximate surface area is 398 Å². The Morgan fingerprint density at radius 3 is 1.17 bits per heavy atom. The second-order valence-corrected chi connectivity index (χ2v) is 16.4. The molecule has 1 unspecified atom stereocenters. The molecule has 0 aromatic heterocycles. The van der Waals surface area contributed by atoms with Crippen LogP contribution in [0.4, 0.5) is 0 Å². The van der Waals surface area contributed by atoms with Gasteiger partial charge in [-0.05, 0) is 96.3 Å². The molecule has 6 nitrogen and oxygen atoms in total. The average Bonchev–Trinajstić information content (AvgIpc) is 3.30. The monoisotopic (exact) mass is 897 g/mol. The van der Waals surface area contributed by atoms with Crippen LogP contribution in [0, 0.1) is 0 Å². The third kappa shape index (κ3) is 50.4. The molecule has 0 heterocycles. The van der Waals surface area contributed by atoms with E-state index in [0.717, 1.165) is 89.9 Å². The molecule has 364 valence electrons. The maximum absolute atomic E-state index is 12.8. The summed E-state index contributed by atoms with van der Waals surface area (Å²) < 4.78 is 16.6. The maximum Gasteiger partial charge on any atom is 0.306 e. The summed E-state index contributed by atoms with van der Waals surface area (Å²) >= 11 is 0. The zero-order valence-corrected chi connectivity index (χ0v) is 41.4. The Balaban J connectivity index is 4.60. The lowest BCUT2D eigenvalue weighted by molar-refractivity contribution is -0.166. The van der Waals surface area contributed by atoms with Crippen molar-refractivity contribution in [2.24, 2.45) is 0 Å². The molecule has 65 heavy (non-hydrogen) atoms. The van der Waals surface area contributed by atoms with Crippen molar-refractivity contribution in [2.45, 2.75) is 207 Å². The first-order chi connectivity index (χ1) is 32.0. The van der Waals surface area contributed by atoms with Gasteiger partial charge in [0.1, 0.15) is 13.2 Å². The fraction of sp³-hybridized carbons (Fsp3) is 0.576. The minimum atomic E-state index is -0.842. The zero-order chi connectivity index (χ0) is 47.2. The standard InChI is InChI=1S/C59H92O6/c1-4-7-10-13-16-19-22-25-27-28-29-30-32-34-37-40-43-46-49-52-58(61)64-55-56(54-63-57(60)51-48-45-42-39-36-33-24-21-18-15-12-9-6-3)65-59(62)53-50-47-44-41-38-35-31-26-23-20-17-14-11-8-5-2/h7-8,10-11,14,16-17,19-20,23,25,27,29-30,33-34,36-37,42-43,45-46,56H,4-6,9,12-13,15,18,21-22,24,26,28,31-32,35,38-41,44,47-55H2,1-3H3/b10-7+,11-8+,17-14+,19-16+,23-20+,27-25+,30-29+,36-33+,37-34+,45-42+,46-43+. The number of unbranched alkanes of at least 4 members (excludes halogenated alkanes) is 13. The molecule has 0 saturated heterocycles. The van der Waals surface area contributed by atoms with Crippen LogP contribution in [0.2, 0.25) is 0 Å². The Hall–Kier alpha value is -4.45. The van der Waals surface area contributed by atoms with Crippen molar-refractivity contribution >= 4 is 17.9 Å². The topological polar surface area (TPSA) is 78.9 Å². The molecule has 0 spiro atoms. The number of rotatable bonds is 44. The number of carbonyl (C=O) groups is 3. The summed E-state index contributed by atoms with van der Waals surface area (Å²) in [6.45, 7) is 6.23. The molecule has 0 saturated carbocycles. The summed E-state index contributed by atoms with van der Waals surface area (Å²) in [5.41, 5.74) is 0. The lowest BCUT2D eigenvalue weighted by Crippen LogP contribution is -2.30. The first-order valence-electron chi connectivity index (χ1n) is 25.7. The Morgan fingerprint density at radius 1 is 0.338 bits per heavy atom. The molecule has 6 heteroatoms. The minimum Gasteiger partial charge on any atom is -0.462 e. The predicted molar refractivity (Wildman–Crippen MR) is 279 cm³/mol. The molecule has 1 atom stereocenters. The fourth-order valence-electron chi connectivity index (χ4n) is 6.40. The zero-order valence-electron chi connectivity index (χ0n) is 41.4. The maximum atomic E-state index is 12.8. The molecule has 0 aromatic rings. The van der Waals surface area contributed by atoms with E-state index in [1.807, 2.05) is 18.2 Å². The van der Waals surface area contributed by atoms with Crippen LogP contribution in [0.25, 0.3) is 0 Å². The van der Waals surface area contributed by atoms with E-state index < -0.39 is 6.10 Å². The van der Waals surface area contributed by atoms with E-state index in [-0.39, 0.29) is 50.4 Å². The van der Waals surface area contributed by atoms with Crippen LogP contribution in [-0.2, 0) is 28.6 Å². The van der Waals surface area contributed by atoms with Gasteiger partial charge in [-0.15, -0.1) is 0 Å². The van der Waals surface area contributed by atoms with Crippen molar-refractivity contribution in [3.8, 4) is 0 Å². The van der Waals surface area contributed by atoms with Gasteiger partial charge in [-0.25, -0.2) is 0 Å². The highest BCUT2D eigenvalue weighted by molar-refractivity contribution is 5.71. The number of carbonyl (C=O) groups excluding carboxylic acids is 3. The number of hydrogen-bond acceptors (Lipinski definition) is 6. The van der Waals surface area contributed by atoms with E-state index >= 15 is 0 Å². The number of ether oxygens (including phenoxy) is 3. The second-order valence-electron chi connectivity index (χ2n) is 16.4. The van der Waals surface area contributed by atoms with E-state index in [4.69, 9.17) is 14.2 Å². The van der Waals surface area contributed by atoms with Gasteiger partial charge in [-0.2, -0.15) is 0 Å². The summed E-state index contributed by atoms with van der Waals surface area (Å²) in [5.74, 6) is -1.11. The second kappa shape index (κ2) is 52.2. The summed E-state index contributed by atoms with van der Waals surface area (Å²) in [7, 11) is 0. The first kappa shape index (κ1) is 60.5. The lowest BCUT2D eigenvalue weighted by atomic mass is 10.1. The van der Waals surface area contributed by atoms with Crippen LogP contribution in [0.3, 0.4) is 0 Å². The summed E-state index contributed by atoms with van der Waals surface area (Å²) in [6, 6.07) is 0. The minimum absolute atomic E-state index is 0.142. The molecule has 0 radical (unpaired) electrons. The number of esters is 3. The highest BCUT2D eigenvalue weighted by atomic mass is 16.6. The van der Waals surface area contributed by atoms with Crippen LogP contribution < -0.4 is 0 Å². The molecule has 0 fully saturated rings. The van der Waals surface area contributed by atoms with Crippen molar-refractivity contribution < 1.29 is 28.6 Å². The van der Waals surface area contributed by atoms with Crippen LogP contribution in [0.1, 0.15) is 201 Å². The molecule has 0 N–H and O–H groups in total. The van der Waals surface area contributed by atoms with Gasteiger partial charge in [-0.3, -0.25) is 14.4 Å². The van der Waals surface area contributed by atoms with Crippen molar-refractivity contribution in [3.63, 3.8) is 0 Å². The van der Waals surface area contributed by atoms with E-state index in [0.29, 0.717) is 12.8 Å². The van der Waals surface area contributed by atoms with Gasteiger partial charge in [0.05, 0.1) is 0 Å². The average molecular weight is 897 g/mol.